The molecule has 130 valence electrons. The minimum Gasteiger partial charge on any atom is -0.598 e. The number of rotatable bonds is 8. The monoisotopic (exact) mass is 416 g/mol. The summed E-state index contributed by atoms with van der Waals surface area (Å²) in [4.78, 5) is 4.32. The fourth-order valence-electron chi connectivity index (χ4n) is 2.31. The Morgan fingerprint density at radius 1 is 1.29 bits per heavy atom. The quantitative estimate of drug-likeness (QED) is 0.646. The van der Waals surface area contributed by atoms with Gasteiger partial charge in [0.2, 0.25) is 0 Å². The number of hydrogen-bond acceptors (Lipinski definition) is 3. The molecular formula is C17H19BrF2N2OS. The number of halogens is 3. The second kappa shape index (κ2) is 9.46. The summed E-state index contributed by atoms with van der Waals surface area (Å²) >= 11 is 2.19. The van der Waals surface area contributed by atoms with E-state index >= 15 is 0 Å². The van der Waals surface area contributed by atoms with Crippen molar-refractivity contribution in [3.05, 3.63) is 63.9 Å². The molecule has 0 bridgehead atoms. The summed E-state index contributed by atoms with van der Waals surface area (Å²) in [6, 6.07) is 6.59. The third-order valence-corrected chi connectivity index (χ3v) is 5.31. The number of hydrogen-bond donors (Lipinski definition) is 1. The molecule has 3 nitrogen and oxygen atoms in total. The molecule has 0 fully saturated rings. The molecular weight excluding hydrogens is 398 g/mol. The van der Waals surface area contributed by atoms with Gasteiger partial charge in [0.05, 0.1) is 11.7 Å². The largest absolute Gasteiger partial charge is 0.598 e. The second-order valence-corrected chi connectivity index (χ2v) is 7.62. The molecule has 2 atom stereocenters. The maximum Gasteiger partial charge on any atom is 0.126 e. The summed E-state index contributed by atoms with van der Waals surface area (Å²) in [5.41, 5.74) is 1.14. The van der Waals surface area contributed by atoms with Gasteiger partial charge >= 0.3 is 0 Å². The molecule has 1 heterocycles. The lowest BCUT2D eigenvalue weighted by Crippen LogP contribution is -2.32. The smallest absolute Gasteiger partial charge is 0.126 e. The number of pyridine rings is 1. The zero-order chi connectivity index (χ0) is 17.5. The van der Waals surface area contributed by atoms with E-state index in [1.54, 1.807) is 12.3 Å². The molecule has 0 aliphatic heterocycles. The molecule has 0 aliphatic rings. The molecule has 1 N–H and O–H groups in total. The Balaban J connectivity index is 2.23. The van der Waals surface area contributed by atoms with Crippen LogP contribution in [0, 0.1) is 11.6 Å². The molecule has 0 amide bonds. The average molecular weight is 417 g/mol. The Morgan fingerprint density at radius 3 is 2.62 bits per heavy atom. The van der Waals surface area contributed by atoms with Crippen molar-refractivity contribution in [1.82, 2.24) is 9.71 Å². The number of nitrogens with one attached hydrogen (secondary N) is 1. The summed E-state index contributed by atoms with van der Waals surface area (Å²) in [6.45, 7) is 2.03. The van der Waals surface area contributed by atoms with E-state index in [-0.39, 0.29) is 6.42 Å². The lowest BCUT2D eigenvalue weighted by atomic mass is 10.0. The molecule has 7 heteroatoms. The van der Waals surface area contributed by atoms with E-state index in [1.807, 2.05) is 13.0 Å². The molecule has 1 unspecified atom stereocenters. The molecule has 1 aromatic heterocycles. The van der Waals surface area contributed by atoms with Gasteiger partial charge in [-0.05, 0) is 58.6 Å². The molecule has 0 aliphatic carbocycles. The molecule has 0 saturated carbocycles. The van der Waals surface area contributed by atoms with Gasteiger partial charge < -0.3 is 4.55 Å². The highest BCUT2D eigenvalue weighted by molar-refractivity contribution is 9.10. The normalized spacial score (nSPS) is 13.7. The van der Waals surface area contributed by atoms with Gasteiger partial charge in [0.15, 0.2) is 0 Å². The number of aromatic nitrogens is 1. The highest BCUT2D eigenvalue weighted by Crippen LogP contribution is 2.25. The summed E-state index contributed by atoms with van der Waals surface area (Å²) in [5.74, 6) is -0.735. The van der Waals surface area contributed by atoms with Crippen LogP contribution in [0.2, 0.25) is 0 Å². The maximum atomic E-state index is 13.4. The lowest BCUT2D eigenvalue weighted by molar-refractivity contribution is 0.541. The van der Waals surface area contributed by atoms with Gasteiger partial charge in [0.1, 0.15) is 17.4 Å². The molecule has 2 aromatic rings. The van der Waals surface area contributed by atoms with Crippen LogP contribution in [0.1, 0.15) is 37.1 Å². The van der Waals surface area contributed by atoms with Crippen LogP contribution < -0.4 is 4.72 Å². The highest BCUT2D eigenvalue weighted by atomic mass is 79.9. The maximum absolute atomic E-state index is 13.4. The van der Waals surface area contributed by atoms with Crippen LogP contribution in [0.5, 0.6) is 0 Å². The van der Waals surface area contributed by atoms with Crippen LogP contribution in [-0.4, -0.2) is 15.3 Å². The van der Waals surface area contributed by atoms with Crippen molar-refractivity contribution in [1.29, 1.82) is 0 Å². The van der Waals surface area contributed by atoms with Crippen LogP contribution in [-0.2, 0) is 17.8 Å². The van der Waals surface area contributed by atoms with Gasteiger partial charge in [-0.2, -0.15) is 0 Å². The Morgan fingerprint density at radius 2 is 2.00 bits per heavy atom. The third kappa shape index (κ3) is 5.81. The molecule has 0 radical (unpaired) electrons. The first-order valence-corrected chi connectivity index (χ1v) is 9.80. The average Bonchev–Trinajstić information content (AvgIpc) is 2.52. The number of unbranched alkanes of at least 4 members (excludes halogenated alkanes) is 1. The van der Waals surface area contributed by atoms with Crippen LogP contribution in [0.15, 0.2) is 41.0 Å². The van der Waals surface area contributed by atoms with Gasteiger partial charge in [-0.25, -0.2) is 8.78 Å². The number of nitrogens with zero attached hydrogens (tertiary/aromatic N) is 1. The summed E-state index contributed by atoms with van der Waals surface area (Å²) < 4.78 is 42.9. The Hall–Kier alpha value is -1.02. The van der Waals surface area contributed by atoms with Gasteiger partial charge in [0.25, 0.3) is 0 Å². The van der Waals surface area contributed by atoms with Crippen molar-refractivity contribution in [2.45, 2.75) is 32.2 Å². The van der Waals surface area contributed by atoms with E-state index < -0.39 is 29.0 Å². The van der Waals surface area contributed by atoms with E-state index in [0.717, 1.165) is 23.4 Å². The fourth-order valence-corrected chi connectivity index (χ4v) is 4.02. The molecule has 24 heavy (non-hydrogen) atoms. The zero-order valence-corrected chi connectivity index (χ0v) is 15.7. The molecule has 0 spiro atoms. The number of benzene rings is 1. The van der Waals surface area contributed by atoms with Crippen LogP contribution in [0.3, 0.4) is 0 Å². The van der Waals surface area contributed by atoms with Crippen molar-refractivity contribution in [3.63, 3.8) is 0 Å². The zero-order valence-electron chi connectivity index (χ0n) is 13.3. The minimum atomic E-state index is -1.24. The highest BCUT2D eigenvalue weighted by Gasteiger charge is 2.22. The first-order chi connectivity index (χ1) is 11.5. The fraction of sp³-hybridized carbons (Fsp3) is 0.353. The summed E-state index contributed by atoms with van der Waals surface area (Å²) in [5, 5.41) is 0. The lowest BCUT2D eigenvalue weighted by Gasteiger charge is -2.21. The van der Waals surface area contributed by atoms with E-state index in [1.165, 1.54) is 12.1 Å². The van der Waals surface area contributed by atoms with E-state index in [9.17, 15) is 13.3 Å². The van der Waals surface area contributed by atoms with Crippen molar-refractivity contribution in [2.24, 2.45) is 0 Å². The first-order valence-electron chi connectivity index (χ1n) is 7.69. The van der Waals surface area contributed by atoms with Crippen molar-refractivity contribution < 1.29 is 13.3 Å². The van der Waals surface area contributed by atoms with Crippen LogP contribution >= 0.6 is 15.9 Å². The van der Waals surface area contributed by atoms with Crippen LogP contribution in [0.25, 0.3) is 0 Å². The Bertz CT molecular complexity index is 655. The topological polar surface area (TPSA) is 48.0 Å². The molecule has 1 aromatic carbocycles. The molecule has 0 saturated heterocycles. The van der Waals surface area contributed by atoms with Crippen molar-refractivity contribution in [3.8, 4) is 0 Å². The van der Waals surface area contributed by atoms with E-state index in [0.29, 0.717) is 17.0 Å². The Kier molecular flexibility index (Phi) is 7.61. The third-order valence-electron chi connectivity index (χ3n) is 3.44. The Labute approximate surface area is 152 Å². The SMILES string of the molecule is CCCC[S+]([O-])N[C@@H](Cc1cc(F)cc(F)c1)c1ncccc1Br. The van der Waals surface area contributed by atoms with Gasteiger partial charge in [0, 0.05) is 28.1 Å². The minimum absolute atomic E-state index is 0.280. The van der Waals surface area contributed by atoms with E-state index in [2.05, 4.69) is 25.6 Å². The van der Waals surface area contributed by atoms with Crippen molar-refractivity contribution >= 4 is 27.3 Å². The van der Waals surface area contributed by atoms with Gasteiger partial charge in [-0.3, -0.25) is 4.98 Å². The van der Waals surface area contributed by atoms with E-state index in [4.69, 9.17) is 0 Å². The summed E-state index contributed by atoms with van der Waals surface area (Å²) in [7, 11) is 0. The standard InChI is InChI=1S/C17H19BrF2N2OS/c1-2-3-7-24(23)22-16(17-15(18)5-4-6-21-17)10-12-8-13(19)11-14(20)9-12/h4-6,8-9,11,16,22H,2-3,7,10H2,1H3/t16-,24?/m0/s1. The molecule has 2 rings (SSSR count). The van der Waals surface area contributed by atoms with Gasteiger partial charge in [-0.15, -0.1) is 4.72 Å². The van der Waals surface area contributed by atoms with Crippen molar-refractivity contribution in [2.75, 3.05) is 5.75 Å². The predicted molar refractivity (Wildman–Crippen MR) is 95.8 cm³/mol. The van der Waals surface area contributed by atoms with Crippen LogP contribution in [0.4, 0.5) is 8.78 Å². The van der Waals surface area contributed by atoms with Gasteiger partial charge in [-0.1, -0.05) is 13.3 Å². The first kappa shape index (κ1) is 19.3. The second-order valence-electron chi connectivity index (χ2n) is 5.43. The predicted octanol–water partition coefficient (Wildman–Crippen LogP) is 4.46. The summed E-state index contributed by atoms with van der Waals surface area (Å²) in [6.07, 6.45) is 3.70.